The van der Waals surface area contributed by atoms with Gasteiger partial charge in [0, 0.05) is 6.26 Å². The summed E-state index contributed by atoms with van der Waals surface area (Å²) in [6, 6.07) is 15.4. The predicted octanol–water partition coefficient (Wildman–Crippen LogP) is 3.60. The quantitative estimate of drug-likeness (QED) is 0.434. The highest BCUT2D eigenvalue weighted by Crippen LogP contribution is 2.38. The fourth-order valence-electron chi connectivity index (χ4n) is 2.75. The Morgan fingerprint density at radius 3 is 2.30 bits per heavy atom. The molecular weight excluding hydrogens is 364 g/mol. The standard InChI is InChI=1S/C21H18O5S/c1-3-4-14-25-21-19(16-10-12-17(13-11-16)27(2,23)24)18(20(22)26-21)15-8-6-5-7-9-15/h3-14,21H,1H2,2H3/b14-4+. The van der Waals surface area contributed by atoms with Crippen LogP contribution in [-0.4, -0.2) is 26.9 Å². The van der Waals surface area contributed by atoms with Gasteiger partial charge in [-0.25, -0.2) is 13.2 Å². The first-order valence-corrected chi connectivity index (χ1v) is 10.0. The van der Waals surface area contributed by atoms with E-state index < -0.39 is 22.1 Å². The average molecular weight is 382 g/mol. The van der Waals surface area contributed by atoms with Crippen LogP contribution < -0.4 is 0 Å². The molecule has 0 spiro atoms. The summed E-state index contributed by atoms with van der Waals surface area (Å²) in [5.41, 5.74) is 2.27. The number of benzene rings is 2. The van der Waals surface area contributed by atoms with Gasteiger partial charge in [0.05, 0.1) is 22.3 Å². The molecule has 27 heavy (non-hydrogen) atoms. The highest BCUT2D eigenvalue weighted by molar-refractivity contribution is 7.90. The summed E-state index contributed by atoms with van der Waals surface area (Å²) >= 11 is 0. The number of hydrogen-bond donors (Lipinski definition) is 0. The molecule has 0 aliphatic carbocycles. The first-order valence-electron chi connectivity index (χ1n) is 8.16. The Balaban J connectivity index is 2.13. The lowest BCUT2D eigenvalue weighted by Crippen LogP contribution is -2.12. The van der Waals surface area contributed by atoms with Crippen molar-refractivity contribution < 1.29 is 22.7 Å². The Labute approximate surface area is 158 Å². The van der Waals surface area contributed by atoms with E-state index in [2.05, 4.69) is 6.58 Å². The van der Waals surface area contributed by atoms with Gasteiger partial charge < -0.3 is 9.47 Å². The highest BCUT2D eigenvalue weighted by Gasteiger charge is 2.36. The molecule has 0 saturated heterocycles. The number of cyclic esters (lactones) is 1. The van der Waals surface area contributed by atoms with E-state index in [1.807, 2.05) is 30.3 Å². The molecule has 2 aromatic carbocycles. The number of rotatable bonds is 6. The molecule has 0 amide bonds. The lowest BCUT2D eigenvalue weighted by Gasteiger charge is -2.14. The van der Waals surface area contributed by atoms with Crippen molar-refractivity contribution in [3.05, 3.63) is 90.7 Å². The molecule has 1 aliphatic rings. The lowest BCUT2D eigenvalue weighted by molar-refractivity contribution is -0.149. The zero-order valence-corrected chi connectivity index (χ0v) is 15.5. The number of carbonyl (C=O) groups is 1. The molecule has 6 heteroatoms. The van der Waals surface area contributed by atoms with Crippen LogP contribution in [0.15, 0.2) is 84.5 Å². The predicted molar refractivity (Wildman–Crippen MR) is 103 cm³/mol. The van der Waals surface area contributed by atoms with Crippen LogP contribution in [0.5, 0.6) is 0 Å². The van der Waals surface area contributed by atoms with Crippen molar-refractivity contribution in [2.24, 2.45) is 0 Å². The Hall–Kier alpha value is -3.12. The number of esters is 1. The van der Waals surface area contributed by atoms with Crippen molar-refractivity contribution >= 4 is 27.0 Å². The molecule has 1 aliphatic heterocycles. The van der Waals surface area contributed by atoms with E-state index in [1.54, 1.807) is 24.3 Å². The normalized spacial score (nSPS) is 17.2. The van der Waals surface area contributed by atoms with Gasteiger partial charge in [-0.3, -0.25) is 0 Å². The van der Waals surface area contributed by atoms with Gasteiger partial charge in [0.25, 0.3) is 6.29 Å². The van der Waals surface area contributed by atoms with Crippen LogP contribution in [0.25, 0.3) is 11.1 Å². The Morgan fingerprint density at radius 2 is 1.70 bits per heavy atom. The highest BCUT2D eigenvalue weighted by atomic mass is 32.2. The molecule has 1 heterocycles. The summed E-state index contributed by atoms with van der Waals surface area (Å²) in [5.74, 6) is -0.500. The van der Waals surface area contributed by atoms with Crippen molar-refractivity contribution in [3.63, 3.8) is 0 Å². The molecule has 0 fully saturated rings. The minimum Gasteiger partial charge on any atom is -0.458 e. The van der Waals surface area contributed by atoms with Gasteiger partial charge in [0.1, 0.15) is 0 Å². The zero-order valence-electron chi connectivity index (χ0n) is 14.7. The van der Waals surface area contributed by atoms with Crippen molar-refractivity contribution in [1.82, 2.24) is 0 Å². The van der Waals surface area contributed by atoms with Crippen LogP contribution in [0.2, 0.25) is 0 Å². The van der Waals surface area contributed by atoms with Gasteiger partial charge in [-0.05, 0) is 29.3 Å². The Kier molecular flexibility index (Phi) is 5.28. The topological polar surface area (TPSA) is 69.7 Å². The minimum absolute atomic E-state index is 0.197. The number of carbonyl (C=O) groups excluding carboxylic acids is 1. The zero-order chi connectivity index (χ0) is 19.4. The maximum Gasteiger partial charge on any atom is 0.342 e. The summed E-state index contributed by atoms with van der Waals surface area (Å²) in [6.45, 7) is 3.57. The van der Waals surface area contributed by atoms with E-state index >= 15 is 0 Å². The summed E-state index contributed by atoms with van der Waals surface area (Å²) in [4.78, 5) is 12.7. The summed E-state index contributed by atoms with van der Waals surface area (Å²) in [7, 11) is -3.32. The van der Waals surface area contributed by atoms with Crippen LogP contribution in [0, 0.1) is 0 Å². The van der Waals surface area contributed by atoms with Gasteiger partial charge in [-0.2, -0.15) is 0 Å². The number of sulfone groups is 1. The molecule has 138 valence electrons. The third-order valence-electron chi connectivity index (χ3n) is 4.00. The van der Waals surface area contributed by atoms with E-state index in [-0.39, 0.29) is 4.90 Å². The Bertz CT molecular complexity index is 1020. The second kappa shape index (κ2) is 7.63. The van der Waals surface area contributed by atoms with Crippen molar-refractivity contribution in [2.75, 3.05) is 6.26 Å². The third kappa shape index (κ3) is 4.01. The van der Waals surface area contributed by atoms with Crippen LogP contribution in [-0.2, 0) is 24.1 Å². The van der Waals surface area contributed by atoms with E-state index in [1.165, 1.54) is 18.4 Å². The van der Waals surface area contributed by atoms with Gasteiger partial charge in [0.2, 0.25) is 0 Å². The number of hydrogen-bond acceptors (Lipinski definition) is 5. The summed E-state index contributed by atoms with van der Waals surface area (Å²) in [5, 5.41) is 0. The molecule has 0 saturated carbocycles. The molecule has 3 rings (SSSR count). The van der Waals surface area contributed by atoms with Crippen LogP contribution in [0.3, 0.4) is 0 Å². The Morgan fingerprint density at radius 1 is 1.04 bits per heavy atom. The average Bonchev–Trinajstić information content (AvgIpc) is 2.98. The van der Waals surface area contributed by atoms with E-state index in [0.717, 1.165) is 6.26 Å². The van der Waals surface area contributed by atoms with Gasteiger partial charge in [0.15, 0.2) is 9.84 Å². The van der Waals surface area contributed by atoms with Crippen molar-refractivity contribution in [2.45, 2.75) is 11.2 Å². The van der Waals surface area contributed by atoms with Crippen LogP contribution in [0.4, 0.5) is 0 Å². The molecule has 2 aromatic rings. The monoisotopic (exact) mass is 382 g/mol. The fraction of sp³-hybridized carbons (Fsp3) is 0.0952. The second-order valence-electron chi connectivity index (χ2n) is 5.89. The summed E-state index contributed by atoms with van der Waals surface area (Å²) < 4.78 is 34.4. The number of allylic oxidation sites excluding steroid dienone is 2. The minimum atomic E-state index is -3.32. The van der Waals surface area contributed by atoms with Crippen molar-refractivity contribution in [3.8, 4) is 0 Å². The molecule has 5 nitrogen and oxygen atoms in total. The number of ether oxygens (including phenoxy) is 2. The van der Waals surface area contributed by atoms with E-state index in [9.17, 15) is 13.2 Å². The summed E-state index contributed by atoms with van der Waals surface area (Å²) in [6.07, 6.45) is 4.72. The first-order chi connectivity index (χ1) is 12.9. The smallest absolute Gasteiger partial charge is 0.342 e. The molecule has 0 bridgehead atoms. The largest absolute Gasteiger partial charge is 0.458 e. The fourth-order valence-corrected chi connectivity index (χ4v) is 3.38. The maximum absolute atomic E-state index is 12.5. The van der Waals surface area contributed by atoms with Gasteiger partial charge in [-0.1, -0.05) is 55.1 Å². The van der Waals surface area contributed by atoms with Gasteiger partial charge >= 0.3 is 5.97 Å². The molecular formula is C21H18O5S. The van der Waals surface area contributed by atoms with Crippen molar-refractivity contribution in [1.29, 1.82) is 0 Å². The first kappa shape index (κ1) is 18.7. The van der Waals surface area contributed by atoms with Crippen LogP contribution in [0.1, 0.15) is 11.1 Å². The third-order valence-corrected chi connectivity index (χ3v) is 5.12. The molecule has 1 unspecified atom stereocenters. The second-order valence-corrected chi connectivity index (χ2v) is 7.90. The molecule has 0 aromatic heterocycles. The maximum atomic E-state index is 12.5. The van der Waals surface area contributed by atoms with Gasteiger partial charge in [-0.15, -0.1) is 0 Å². The molecule has 0 N–H and O–H groups in total. The molecule has 0 radical (unpaired) electrons. The van der Waals surface area contributed by atoms with E-state index in [4.69, 9.17) is 9.47 Å². The SMILES string of the molecule is C=C/C=C/OC1OC(=O)C(c2ccccc2)=C1c1ccc(S(C)(=O)=O)cc1. The van der Waals surface area contributed by atoms with Crippen LogP contribution >= 0.6 is 0 Å². The lowest BCUT2D eigenvalue weighted by atomic mass is 9.96. The molecule has 1 atom stereocenters. The van der Waals surface area contributed by atoms with E-state index in [0.29, 0.717) is 22.3 Å².